The first kappa shape index (κ1) is 26.4. The lowest BCUT2D eigenvalue weighted by molar-refractivity contribution is 0.100. The second-order valence-corrected chi connectivity index (χ2v) is 9.42. The Hall–Kier alpha value is -4.18. The fourth-order valence-electron chi connectivity index (χ4n) is 4.87. The van der Waals surface area contributed by atoms with Crippen LogP contribution < -0.4 is 20.1 Å². The van der Waals surface area contributed by atoms with Crippen LogP contribution in [0.25, 0.3) is 11.0 Å². The molecule has 2 N–H and O–H groups in total. The lowest BCUT2D eigenvalue weighted by Crippen LogP contribution is -2.46. The average molecular weight is 537 g/mol. The van der Waals surface area contributed by atoms with E-state index in [2.05, 4.69) is 27.8 Å². The number of nitrogens with two attached hydrogens (primary N) is 1. The fourth-order valence-corrected chi connectivity index (χ4v) is 4.87. The highest BCUT2D eigenvalue weighted by Crippen LogP contribution is 2.34. The highest BCUT2D eigenvalue weighted by atomic mass is 19.1. The lowest BCUT2D eigenvalue weighted by Gasteiger charge is -2.35. The molecule has 1 aliphatic heterocycles. The maximum atomic E-state index is 14.9. The first-order valence-electron chi connectivity index (χ1n) is 12.7. The van der Waals surface area contributed by atoms with Crippen LogP contribution in [0.3, 0.4) is 0 Å². The molecule has 10 heteroatoms. The van der Waals surface area contributed by atoms with Crippen molar-refractivity contribution in [1.82, 2.24) is 9.88 Å². The monoisotopic (exact) mass is 536 g/mol. The van der Waals surface area contributed by atoms with E-state index in [1.54, 1.807) is 6.07 Å². The number of hydrogen-bond acceptors (Lipinski definition) is 8. The van der Waals surface area contributed by atoms with Gasteiger partial charge in [-0.2, -0.15) is 0 Å². The number of benzene rings is 2. The molecule has 2 aromatic heterocycles. The summed E-state index contributed by atoms with van der Waals surface area (Å²) in [6.07, 6.45) is 1.95. The summed E-state index contributed by atoms with van der Waals surface area (Å²) >= 11 is 0. The smallest absolute Gasteiger partial charge is 0.234 e. The van der Waals surface area contributed by atoms with E-state index in [9.17, 15) is 13.6 Å². The number of carbonyl (C=O) groups is 1. The first-order chi connectivity index (χ1) is 18.8. The number of furan rings is 1. The number of piperazine rings is 1. The van der Waals surface area contributed by atoms with Gasteiger partial charge in [0.1, 0.15) is 5.56 Å². The van der Waals surface area contributed by atoms with Gasteiger partial charge in [0.05, 0.1) is 20.4 Å². The van der Waals surface area contributed by atoms with Crippen molar-refractivity contribution in [1.29, 1.82) is 0 Å². The Kier molecular flexibility index (Phi) is 7.38. The molecule has 1 fully saturated rings. The minimum absolute atomic E-state index is 0.232. The van der Waals surface area contributed by atoms with Crippen molar-refractivity contribution in [2.75, 3.05) is 57.6 Å². The molecule has 2 aromatic carbocycles. The van der Waals surface area contributed by atoms with Crippen molar-refractivity contribution >= 4 is 28.1 Å². The highest BCUT2D eigenvalue weighted by molar-refractivity contribution is 6.09. The topological polar surface area (TPSA) is 94.1 Å². The molecule has 4 aromatic rings. The molecule has 1 aliphatic rings. The Morgan fingerprint density at radius 2 is 1.72 bits per heavy atom. The van der Waals surface area contributed by atoms with E-state index in [0.29, 0.717) is 28.8 Å². The summed E-state index contributed by atoms with van der Waals surface area (Å²) in [5.74, 6) is -4.10. The lowest BCUT2D eigenvalue weighted by atomic mass is 10.0. The summed E-state index contributed by atoms with van der Waals surface area (Å²) in [7, 11) is 2.43. The van der Waals surface area contributed by atoms with Crippen LogP contribution in [0.5, 0.6) is 11.5 Å². The molecule has 0 spiro atoms. The minimum Gasteiger partial charge on any atom is -0.494 e. The Labute approximate surface area is 224 Å². The third-order valence-corrected chi connectivity index (χ3v) is 7.17. The molecule has 0 aliphatic carbocycles. The summed E-state index contributed by atoms with van der Waals surface area (Å²) in [5, 5.41) is 0.572. The summed E-state index contributed by atoms with van der Waals surface area (Å²) in [6.45, 7) is 7.21. The van der Waals surface area contributed by atoms with E-state index in [1.807, 2.05) is 12.1 Å². The van der Waals surface area contributed by atoms with Gasteiger partial charge in [0.15, 0.2) is 34.5 Å². The van der Waals surface area contributed by atoms with Crippen molar-refractivity contribution in [3.05, 3.63) is 76.8 Å². The van der Waals surface area contributed by atoms with Crippen molar-refractivity contribution in [2.24, 2.45) is 0 Å². The number of rotatable bonds is 8. The Balaban J connectivity index is 1.37. The van der Waals surface area contributed by atoms with Gasteiger partial charge in [-0.25, -0.2) is 8.78 Å². The number of nitrogen functional groups attached to an aromatic ring is 1. The molecule has 3 heterocycles. The fraction of sp³-hybridized carbons (Fsp3) is 0.310. The number of ether oxygens (including phenoxy) is 2. The van der Waals surface area contributed by atoms with Gasteiger partial charge in [0, 0.05) is 61.1 Å². The number of nitrogens with zero attached hydrogens (tertiary/aromatic N) is 3. The number of aromatic nitrogens is 1. The maximum absolute atomic E-state index is 14.9. The van der Waals surface area contributed by atoms with Crippen LogP contribution in [0.1, 0.15) is 34.3 Å². The van der Waals surface area contributed by atoms with Gasteiger partial charge >= 0.3 is 0 Å². The number of carbonyl (C=O) groups excluding carboxylic acids is 1. The average Bonchev–Trinajstić information content (AvgIpc) is 3.38. The summed E-state index contributed by atoms with van der Waals surface area (Å²) < 4.78 is 45.2. The summed E-state index contributed by atoms with van der Waals surface area (Å²) in [4.78, 5) is 22.3. The number of methoxy groups -OCH3 is 2. The van der Waals surface area contributed by atoms with Gasteiger partial charge in [0.25, 0.3) is 0 Å². The Morgan fingerprint density at radius 1 is 1.03 bits per heavy atom. The van der Waals surface area contributed by atoms with Crippen molar-refractivity contribution < 1.29 is 27.5 Å². The molecule has 0 radical (unpaired) electrons. The van der Waals surface area contributed by atoms with Gasteiger partial charge in [0.2, 0.25) is 5.78 Å². The first-order valence-corrected chi connectivity index (χ1v) is 12.7. The van der Waals surface area contributed by atoms with Gasteiger partial charge in [-0.15, -0.1) is 0 Å². The minimum atomic E-state index is -1.13. The number of halogens is 2. The number of hydrogen-bond donors (Lipinski definition) is 1. The standard InChI is InChI=1S/C29H30F2N4O4/c1-4-34-7-9-35(10-8-34)20-6-5-17(21(32)14-20)11-19-12-18-13-24(39-25(18)16-33-19)29(36)26-27(30)22(37-2)15-23(38-3)28(26)31/h5-6,12-16H,4,7-11,32H2,1-3H3. The van der Waals surface area contributed by atoms with Crippen molar-refractivity contribution in [3.63, 3.8) is 0 Å². The molecular formula is C29H30F2N4O4. The van der Waals surface area contributed by atoms with Crippen molar-refractivity contribution in [3.8, 4) is 11.5 Å². The zero-order valence-corrected chi connectivity index (χ0v) is 22.1. The van der Waals surface area contributed by atoms with Gasteiger partial charge < -0.3 is 29.4 Å². The highest BCUT2D eigenvalue weighted by Gasteiger charge is 2.28. The van der Waals surface area contributed by atoms with E-state index in [4.69, 9.17) is 19.6 Å². The van der Waals surface area contributed by atoms with E-state index in [-0.39, 0.29) is 17.3 Å². The molecule has 1 saturated heterocycles. The quantitative estimate of drug-likeness (QED) is 0.257. The molecule has 5 rings (SSSR count). The SMILES string of the molecule is CCN1CCN(c2ccc(Cc3cc4cc(C(=O)c5c(F)c(OC)cc(OC)c5F)oc4cn3)c(N)c2)CC1. The molecule has 0 saturated carbocycles. The van der Waals surface area contributed by atoms with Crippen LogP contribution in [-0.2, 0) is 6.42 Å². The second-order valence-electron chi connectivity index (χ2n) is 9.42. The largest absolute Gasteiger partial charge is 0.494 e. The third kappa shape index (κ3) is 5.12. The van der Waals surface area contributed by atoms with E-state index >= 15 is 0 Å². The van der Waals surface area contributed by atoms with Crippen molar-refractivity contribution in [2.45, 2.75) is 13.3 Å². The molecule has 39 heavy (non-hydrogen) atoms. The van der Waals surface area contributed by atoms with E-state index < -0.39 is 23.0 Å². The molecule has 8 nitrogen and oxygen atoms in total. The Morgan fingerprint density at radius 3 is 2.33 bits per heavy atom. The Bertz CT molecular complexity index is 1500. The van der Waals surface area contributed by atoms with Crippen LogP contribution in [0.4, 0.5) is 20.2 Å². The van der Waals surface area contributed by atoms with Crippen LogP contribution in [-0.4, -0.2) is 62.6 Å². The maximum Gasteiger partial charge on any atom is 0.234 e. The predicted octanol–water partition coefficient (Wildman–Crippen LogP) is 4.67. The molecule has 0 amide bonds. The van der Waals surface area contributed by atoms with E-state index in [0.717, 1.165) is 50.0 Å². The van der Waals surface area contributed by atoms with Crippen LogP contribution in [0, 0.1) is 11.6 Å². The van der Waals surface area contributed by atoms with Crippen LogP contribution in [0.15, 0.2) is 47.0 Å². The molecule has 0 bridgehead atoms. The molecule has 0 atom stereocenters. The number of fused-ring (bicyclic) bond motifs is 1. The van der Waals surface area contributed by atoms with Gasteiger partial charge in [-0.1, -0.05) is 13.0 Å². The molecule has 0 unspecified atom stereocenters. The van der Waals surface area contributed by atoms with Crippen LogP contribution >= 0.6 is 0 Å². The molecule has 204 valence electrons. The zero-order valence-electron chi connectivity index (χ0n) is 22.1. The van der Waals surface area contributed by atoms with Gasteiger partial charge in [-0.05, 0) is 36.4 Å². The predicted molar refractivity (Wildman–Crippen MR) is 145 cm³/mol. The third-order valence-electron chi connectivity index (χ3n) is 7.17. The van der Waals surface area contributed by atoms with Gasteiger partial charge in [-0.3, -0.25) is 9.78 Å². The number of anilines is 2. The number of likely N-dealkylation sites (N-methyl/N-ethyl adjacent to an activating group) is 1. The van der Waals surface area contributed by atoms with E-state index in [1.165, 1.54) is 26.5 Å². The zero-order chi connectivity index (χ0) is 27.7. The number of pyridine rings is 1. The normalized spacial score (nSPS) is 14.1. The molecular weight excluding hydrogens is 506 g/mol. The van der Waals surface area contributed by atoms with Crippen LogP contribution in [0.2, 0.25) is 0 Å². The second kappa shape index (κ2) is 10.9. The summed E-state index contributed by atoms with van der Waals surface area (Å²) in [6, 6.07) is 10.3. The summed E-state index contributed by atoms with van der Waals surface area (Å²) in [5.41, 5.74) is 9.30. The number of ketones is 1.